The number of amides is 1. The summed E-state index contributed by atoms with van der Waals surface area (Å²) in [5.74, 6) is -1.29. The third-order valence-corrected chi connectivity index (χ3v) is 4.54. The van der Waals surface area contributed by atoms with E-state index in [0.717, 1.165) is 19.3 Å². The first kappa shape index (κ1) is 18.1. The number of carboxylic acid groups (broad SMARTS) is 1. The maximum absolute atomic E-state index is 12.5. The summed E-state index contributed by atoms with van der Waals surface area (Å²) < 4.78 is 5.95. The molecule has 1 saturated heterocycles. The number of aromatic carboxylic acids is 1. The molecule has 1 aliphatic heterocycles. The van der Waals surface area contributed by atoms with Gasteiger partial charge in [-0.2, -0.15) is 0 Å². The quantitative estimate of drug-likeness (QED) is 0.863. The largest absolute Gasteiger partial charge is 0.477 e. The Morgan fingerprint density at radius 3 is 2.58 bits per heavy atom. The molecule has 6 heteroatoms. The van der Waals surface area contributed by atoms with Crippen molar-refractivity contribution in [2.45, 2.75) is 25.4 Å². The highest BCUT2D eigenvalue weighted by Gasteiger charge is 2.24. The van der Waals surface area contributed by atoms with E-state index in [4.69, 9.17) is 9.84 Å². The molecule has 0 bridgehead atoms. The van der Waals surface area contributed by atoms with Crippen LogP contribution in [0.15, 0.2) is 48.7 Å². The lowest BCUT2D eigenvalue weighted by Gasteiger charge is -2.32. The van der Waals surface area contributed by atoms with Crippen LogP contribution in [0.3, 0.4) is 0 Å². The van der Waals surface area contributed by atoms with Gasteiger partial charge in [-0.15, -0.1) is 0 Å². The summed E-state index contributed by atoms with van der Waals surface area (Å²) in [5, 5.41) is 9.00. The summed E-state index contributed by atoms with van der Waals surface area (Å²) in [5.41, 5.74) is 1.50. The SMILES string of the molecule is O=C(O)c1cc(C(=O)N2CCC(OCCc3ccccc3)CC2)ccn1. The van der Waals surface area contributed by atoms with Gasteiger partial charge in [-0.1, -0.05) is 30.3 Å². The molecule has 1 fully saturated rings. The molecular weight excluding hydrogens is 332 g/mol. The van der Waals surface area contributed by atoms with Gasteiger partial charge in [0.25, 0.3) is 5.91 Å². The van der Waals surface area contributed by atoms with E-state index in [-0.39, 0.29) is 17.7 Å². The highest BCUT2D eigenvalue weighted by atomic mass is 16.5. The molecule has 2 aromatic rings. The first-order valence-electron chi connectivity index (χ1n) is 8.77. The minimum Gasteiger partial charge on any atom is -0.477 e. The van der Waals surface area contributed by atoms with Crippen molar-refractivity contribution < 1.29 is 19.4 Å². The van der Waals surface area contributed by atoms with Gasteiger partial charge >= 0.3 is 5.97 Å². The molecule has 0 atom stereocenters. The Kier molecular flexibility index (Phi) is 5.96. The van der Waals surface area contributed by atoms with E-state index in [1.807, 2.05) is 18.2 Å². The van der Waals surface area contributed by atoms with Crippen LogP contribution in [0.25, 0.3) is 0 Å². The van der Waals surface area contributed by atoms with E-state index < -0.39 is 5.97 Å². The molecule has 6 nitrogen and oxygen atoms in total. The van der Waals surface area contributed by atoms with Crippen LogP contribution < -0.4 is 0 Å². The fourth-order valence-electron chi connectivity index (χ4n) is 3.08. The van der Waals surface area contributed by atoms with Gasteiger partial charge < -0.3 is 14.7 Å². The number of rotatable bonds is 6. The van der Waals surface area contributed by atoms with Crippen molar-refractivity contribution in [2.24, 2.45) is 0 Å². The molecule has 1 amide bonds. The van der Waals surface area contributed by atoms with Crippen LogP contribution in [0, 0.1) is 0 Å². The molecule has 1 aromatic carbocycles. The first-order chi connectivity index (χ1) is 12.6. The summed E-state index contributed by atoms with van der Waals surface area (Å²) in [6.07, 6.45) is 3.98. The zero-order valence-electron chi connectivity index (χ0n) is 14.5. The first-order valence-corrected chi connectivity index (χ1v) is 8.77. The van der Waals surface area contributed by atoms with E-state index in [0.29, 0.717) is 25.3 Å². The maximum Gasteiger partial charge on any atom is 0.354 e. The van der Waals surface area contributed by atoms with Gasteiger partial charge in [0, 0.05) is 24.8 Å². The molecule has 0 spiro atoms. The van der Waals surface area contributed by atoms with Crippen LogP contribution >= 0.6 is 0 Å². The lowest BCUT2D eigenvalue weighted by Crippen LogP contribution is -2.41. The van der Waals surface area contributed by atoms with E-state index in [1.54, 1.807) is 11.0 Å². The van der Waals surface area contributed by atoms with Gasteiger partial charge in [-0.05, 0) is 37.0 Å². The maximum atomic E-state index is 12.5. The van der Waals surface area contributed by atoms with Gasteiger partial charge in [0.1, 0.15) is 5.69 Å². The minimum absolute atomic E-state index is 0.116. The zero-order chi connectivity index (χ0) is 18.4. The number of piperidine rings is 1. The number of nitrogens with zero attached hydrogens (tertiary/aromatic N) is 2. The van der Waals surface area contributed by atoms with Gasteiger partial charge in [-0.25, -0.2) is 9.78 Å². The van der Waals surface area contributed by atoms with Crippen LogP contribution in [0.4, 0.5) is 0 Å². The molecule has 1 aromatic heterocycles. The number of likely N-dealkylation sites (tertiary alicyclic amines) is 1. The number of hydrogen-bond acceptors (Lipinski definition) is 4. The Hall–Kier alpha value is -2.73. The van der Waals surface area contributed by atoms with Crippen LogP contribution in [-0.4, -0.2) is 52.7 Å². The number of benzene rings is 1. The van der Waals surface area contributed by atoms with Crippen molar-refractivity contribution in [1.82, 2.24) is 9.88 Å². The minimum atomic E-state index is -1.13. The number of hydrogen-bond donors (Lipinski definition) is 1. The molecule has 0 aliphatic carbocycles. The summed E-state index contributed by atoms with van der Waals surface area (Å²) in [6, 6.07) is 13.1. The Labute approximate surface area is 152 Å². The second-order valence-corrected chi connectivity index (χ2v) is 6.33. The van der Waals surface area contributed by atoms with E-state index >= 15 is 0 Å². The van der Waals surface area contributed by atoms with Crippen LogP contribution in [0.2, 0.25) is 0 Å². The molecule has 1 N–H and O–H groups in total. The Balaban J connectivity index is 1.46. The standard InChI is InChI=1S/C20H22N2O4/c23-19(16-6-10-21-18(14-16)20(24)25)22-11-7-17(8-12-22)26-13-9-15-4-2-1-3-5-15/h1-6,10,14,17H,7-9,11-13H2,(H,24,25). The Morgan fingerprint density at radius 2 is 1.88 bits per heavy atom. The molecule has 1 aliphatic rings. The zero-order valence-corrected chi connectivity index (χ0v) is 14.5. The van der Waals surface area contributed by atoms with E-state index in [2.05, 4.69) is 17.1 Å². The lowest BCUT2D eigenvalue weighted by atomic mass is 10.1. The normalized spacial score (nSPS) is 15.0. The van der Waals surface area contributed by atoms with E-state index in [1.165, 1.54) is 17.8 Å². The average Bonchev–Trinajstić information content (AvgIpc) is 2.69. The highest BCUT2D eigenvalue weighted by Crippen LogP contribution is 2.17. The number of carbonyl (C=O) groups excluding carboxylic acids is 1. The smallest absolute Gasteiger partial charge is 0.354 e. The van der Waals surface area contributed by atoms with Crippen molar-refractivity contribution in [2.75, 3.05) is 19.7 Å². The molecule has 26 heavy (non-hydrogen) atoms. The van der Waals surface area contributed by atoms with Crippen molar-refractivity contribution in [3.8, 4) is 0 Å². The topological polar surface area (TPSA) is 79.7 Å². The third kappa shape index (κ3) is 4.67. The monoisotopic (exact) mass is 354 g/mol. The predicted molar refractivity (Wildman–Crippen MR) is 96.2 cm³/mol. The number of pyridine rings is 1. The van der Waals surface area contributed by atoms with Crippen LogP contribution in [-0.2, 0) is 11.2 Å². The fraction of sp³-hybridized carbons (Fsp3) is 0.350. The van der Waals surface area contributed by atoms with Gasteiger partial charge in [0.15, 0.2) is 0 Å². The third-order valence-electron chi connectivity index (χ3n) is 4.54. The van der Waals surface area contributed by atoms with Crippen molar-refractivity contribution in [3.63, 3.8) is 0 Å². The highest BCUT2D eigenvalue weighted by molar-refractivity contribution is 5.96. The second-order valence-electron chi connectivity index (χ2n) is 6.33. The van der Waals surface area contributed by atoms with Crippen LogP contribution in [0.1, 0.15) is 39.3 Å². The summed E-state index contributed by atoms with van der Waals surface area (Å²) in [6.45, 7) is 1.90. The fourth-order valence-corrected chi connectivity index (χ4v) is 3.08. The van der Waals surface area contributed by atoms with Crippen molar-refractivity contribution >= 4 is 11.9 Å². The second kappa shape index (κ2) is 8.58. The lowest BCUT2D eigenvalue weighted by molar-refractivity contribution is 0.0100. The summed E-state index contributed by atoms with van der Waals surface area (Å²) in [7, 11) is 0. The molecule has 0 unspecified atom stereocenters. The molecule has 3 rings (SSSR count). The Morgan fingerprint density at radius 1 is 1.15 bits per heavy atom. The molecule has 0 saturated carbocycles. The molecular formula is C20H22N2O4. The van der Waals surface area contributed by atoms with Crippen LogP contribution in [0.5, 0.6) is 0 Å². The summed E-state index contributed by atoms with van der Waals surface area (Å²) in [4.78, 5) is 29.0. The number of ether oxygens (including phenoxy) is 1. The predicted octanol–water partition coefficient (Wildman–Crippen LogP) is 2.64. The van der Waals surface area contributed by atoms with Gasteiger partial charge in [0.05, 0.1) is 12.7 Å². The van der Waals surface area contributed by atoms with Crippen molar-refractivity contribution in [1.29, 1.82) is 0 Å². The van der Waals surface area contributed by atoms with Crippen molar-refractivity contribution in [3.05, 3.63) is 65.5 Å². The number of carboxylic acids is 1. The van der Waals surface area contributed by atoms with Gasteiger partial charge in [0.2, 0.25) is 0 Å². The molecule has 0 radical (unpaired) electrons. The summed E-state index contributed by atoms with van der Waals surface area (Å²) >= 11 is 0. The van der Waals surface area contributed by atoms with E-state index in [9.17, 15) is 9.59 Å². The Bertz CT molecular complexity index is 755. The average molecular weight is 354 g/mol. The number of carbonyl (C=O) groups is 2. The molecule has 2 heterocycles. The van der Waals surface area contributed by atoms with Gasteiger partial charge in [-0.3, -0.25) is 4.79 Å². The number of aromatic nitrogens is 1. The molecule has 136 valence electrons.